The SMILES string of the molecule is Bc1c(B)c(B)c2c(-c3cccc(-c4ccccc4)c3)c3c(B)c(B)c(B)c(B)c3c(Br)c2c1B. The fraction of sp³-hybridized carbons (Fsp3) is 0. The second-order valence-electron chi connectivity index (χ2n) is 10.1. The highest BCUT2D eigenvalue weighted by molar-refractivity contribution is 9.10. The maximum absolute atomic E-state index is 4.13. The highest BCUT2D eigenvalue weighted by atomic mass is 79.9. The molecule has 0 atom stereocenters. The van der Waals surface area contributed by atoms with E-state index in [2.05, 4.69) is 133 Å². The molecular formula is C26H25B8Br. The van der Waals surface area contributed by atoms with Gasteiger partial charge in [0.05, 0.1) is 0 Å². The van der Waals surface area contributed by atoms with Crippen LogP contribution in [0.2, 0.25) is 0 Å². The first-order chi connectivity index (χ1) is 16.6. The topological polar surface area (TPSA) is 0 Å². The van der Waals surface area contributed by atoms with Crippen LogP contribution in [0.3, 0.4) is 0 Å². The lowest BCUT2D eigenvalue weighted by Gasteiger charge is -2.26. The Labute approximate surface area is 224 Å². The summed E-state index contributed by atoms with van der Waals surface area (Å²) < 4.78 is 1.23. The van der Waals surface area contributed by atoms with Crippen LogP contribution < -0.4 is 43.7 Å². The zero-order chi connectivity index (χ0) is 25.2. The van der Waals surface area contributed by atoms with Crippen molar-refractivity contribution < 1.29 is 0 Å². The number of rotatable bonds is 2. The van der Waals surface area contributed by atoms with E-state index in [-0.39, 0.29) is 0 Å². The van der Waals surface area contributed by atoms with Crippen molar-refractivity contribution in [2.24, 2.45) is 0 Å². The Balaban J connectivity index is 2.08. The maximum atomic E-state index is 4.13. The molecule has 160 valence electrons. The minimum Gasteiger partial charge on any atom is -0.101 e. The Morgan fingerprint density at radius 3 is 1.29 bits per heavy atom. The second-order valence-corrected chi connectivity index (χ2v) is 10.9. The van der Waals surface area contributed by atoms with E-state index in [0.717, 1.165) is 0 Å². The Kier molecular flexibility index (Phi) is 6.20. The molecule has 5 rings (SSSR count). The molecule has 0 radical (unpaired) electrons. The smallest absolute Gasteiger partial charge is 0.101 e. The van der Waals surface area contributed by atoms with Gasteiger partial charge >= 0.3 is 0 Å². The molecule has 9 heteroatoms. The van der Waals surface area contributed by atoms with Crippen LogP contribution >= 0.6 is 15.9 Å². The number of fused-ring (bicyclic) bond motifs is 2. The predicted molar refractivity (Wildman–Crippen MR) is 185 cm³/mol. The van der Waals surface area contributed by atoms with Gasteiger partial charge in [-0.15, -0.1) is 21.9 Å². The van der Waals surface area contributed by atoms with Crippen LogP contribution in [0.15, 0.2) is 59.1 Å². The molecule has 0 aromatic heterocycles. The summed E-state index contributed by atoms with van der Waals surface area (Å²) in [6, 6.07) is 19.8. The highest BCUT2D eigenvalue weighted by Gasteiger charge is 2.23. The fourth-order valence-electron chi connectivity index (χ4n) is 5.82. The van der Waals surface area contributed by atoms with E-state index >= 15 is 0 Å². The molecule has 0 aliphatic carbocycles. The molecule has 5 aromatic rings. The third-order valence-corrected chi connectivity index (χ3v) is 9.37. The van der Waals surface area contributed by atoms with Gasteiger partial charge in [-0.3, -0.25) is 0 Å². The summed E-state index contributed by atoms with van der Waals surface area (Å²) in [6.07, 6.45) is 0. The summed E-state index contributed by atoms with van der Waals surface area (Å²) in [5.41, 5.74) is 16.2. The summed E-state index contributed by atoms with van der Waals surface area (Å²) in [4.78, 5) is 0. The third-order valence-electron chi connectivity index (χ3n) is 8.57. The molecule has 0 unspecified atom stereocenters. The summed E-state index contributed by atoms with van der Waals surface area (Å²) in [7, 11) is 18.3. The maximum Gasteiger partial charge on any atom is 0.139 e. The van der Waals surface area contributed by atoms with Crippen LogP contribution in [-0.2, 0) is 0 Å². The zero-order valence-electron chi connectivity index (χ0n) is 22.1. The Morgan fingerprint density at radius 2 is 0.800 bits per heavy atom. The monoisotopic (exact) mass is 504 g/mol. The van der Waals surface area contributed by atoms with Crippen molar-refractivity contribution >= 4 is 144 Å². The van der Waals surface area contributed by atoms with Crippen molar-refractivity contribution in [1.82, 2.24) is 0 Å². The number of halogens is 1. The lowest BCUT2D eigenvalue weighted by molar-refractivity contribution is 1.61. The van der Waals surface area contributed by atoms with Gasteiger partial charge in [0, 0.05) is 4.47 Å². The average Bonchev–Trinajstić information content (AvgIpc) is 2.88. The highest BCUT2D eigenvalue weighted by Crippen LogP contribution is 2.39. The Bertz CT molecular complexity index is 1600. The molecule has 0 N–H and O–H groups in total. The first kappa shape index (κ1) is 24.3. The van der Waals surface area contributed by atoms with Crippen LogP contribution in [0.25, 0.3) is 43.8 Å². The van der Waals surface area contributed by atoms with Gasteiger partial charge in [0.25, 0.3) is 0 Å². The Morgan fingerprint density at radius 1 is 0.400 bits per heavy atom. The number of hydrogen-bond acceptors (Lipinski definition) is 0. The molecule has 0 fully saturated rings. The van der Waals surface area contributed by atoms with Crippen LogP contribution in [0.1, 0.15) is 0 Å². The molecule has 0 spiro atoms. The Hall–Kier alpha value is -2.38. The van der Waals surface area contributed by atoms with Crippen molar-refractivity contribution in [3.8, 4) is 22.3 Å². The predicted octanol–water partition coefficient (Wildman–Crippen LogP) is -5.84. The van der Waals surface area contributed by atoms with Gasteiger partial charge in [0.15, 0.2) is 0 Å². The molecular weight excluding hydrogens is 479 g/mol. The van der Waals surface area contributed by atoms with E-state index in [4.69, 9.17) is 0 Å². The lowest BCUT2D eigenvalue weighted by atomic mass is 9.61. The number of benzene rings is 5. The quantitative estimate of drug-likeness (QED) is 0.166. The minimum atomic E-state index is 1.23. The van der Waals surface area contributed by atoms with Crippen molar-refractivity contribution in [1.29, 1.82) is 0 Å². The summed E-state index contributed by atoms with van der Waals surface area (Å²) >= 11 is 4.13. The van der Waals surface area contributed by atoms with Gasteiger partial charge in [-0.25, -0.2) is 0 Å². The molecule has 35 heavy (non-hydrogen) atoms. The van der Waals surface area contributed by atoms with Gasteiger partial charge in [-0.2, -0.15) is 0 Å². The van der Waals surface area contributed by atoms with E-state index in [0.29, 0.717) is 0 Å². The summed E-state index contributed by atoms with van der Waals surface area (Å²) in [6.45, 7) is 0. The third kappa shape index (κ3) is 3.61. The summed E-state index contributed by atoms with van der Waals surface area (Å²) in [5.74, 6) is 0. The van der Waals surface area contributed by atoms with Gasteiger partial charge in [0.1, 0.15) is 62.8 Å². The van der Waals surface area contributed by atoms with E-state index in [1.807, 2.05) is 0 Å². The average molecular weight is 504 g/mol. The zero-order valence-corrected chi connectivity index (χ0v) is 23.7. The molecule has 0 heterocycles. The van der Waals surface area contributed by atoms with Crippen LogP contribution in [0, 0.1) is 0 Å². The fourth-order valence-corrected chi connectivity index (χ4v) is 6.81. The first-order valence-electron chi connectivity index (χ1n) is 12.4. The van der Waals surface area contributed by atoms with Gasteiger partial charge in [-0.1, -0.05) is 70.4 Å². The van der Waals surface area contributed by atoms with Crippen molar-refractivity contribution in [2.45, 2.75) is 0 Å². The van der Waals surface area contributed by atoms with E-state index in [1.165, 1.54) is 92.0 Å². The molecule has 5 aromatic carbocycles. The summed E-state index contributed by atoms with van der Waals surface area (Å²) in [5, 5.41) is 5.45. The van der Waals surface area contributed by atoms with Crippen LogP contribution in [0.4, 0.5) is 0 Å². The van der Waals surface area contributed by atoms with Crippen molar-refractivity contribution in [3.63, 3.8) is 0 Å². The normalized spacial score (nSPS) is 11.3. The molecule has 0 aliphatic rings. The molecule has 0 saturated heterocycles. The minimum absolute atomic E-state index is 1.23. The van der Waals surface area contributed by atoms with Crippen LogP contribution in [-0.4, -0.2) is 62.8 Å². The molecule has 0 bridgehead atoms. The van der Waals surface area contributed by atoms with Gasteiger partial charge in [-0.05, 0) is 65.8 Å². The molecule has 0 nitrogen and oxygen atoms in total. The lowest BCUT2D eigenvalue weighted by Crippen LogP contribution is -2.49. The van der Waals surface area contributed by atoms with Crippen LogP contribution in [0.5, 0.6) is 0 Å². The first-order valence-corrected chi connectivity index (χ1v) is 13.2. The molecule has 0 aliphatic heterocycles. The number of hydrogen-bond donors (Lipinski definition) is 0. The molecule has 0 amide bonds. The van der Waals surface area contributed by atoms with Crippen molar-refractivity contribution in [2.75, 3.05) is 0 Å². The van der Waals surface area contributed by atoms with Crippen molar-refractivity contribution in [3.05, 3.63) is 59.1 Å². The standard InChI is InChI=1S/C26H25B8Br/c27-18-14-13(12-8-4-7-11(9-12)10-5-2-1-3-6-10)15-17(21(30)25(34)23(32)19(15)28)26(35)16(14)20(29)24(33)22(18)31/h1-9H,27-34H2. The molecule has 0 saturated carbocycles. The largest absolute Gasteiger partial charge is 0.139 e. The van der Waals surface area contributed by atoms with Gasteiger partial charge < -0.3 is 0 Å². The van der Waals surface area contributed by atoms with E-state index in [9.17, 15) is 0 Å². The van der Waals surface area contributed by atoms with Gasteiger partial charge in [0.2, 0.25) is 0 Å². The van der Waals surface area contributed by atoms with E-state index < -0.39 is 0 Å². The van der Waals surface area contributed by atoms with E-state index in [1.54, 1.807) is 0 Å². The second kappa shape index (κ2) is 8.93.